The average Bonchev–Trinajstić information content (AvgIpc) is 2.43. The number of carbonyl (C=O) groups excluding carboxylic acids is 1. The molecule has 100 valence electrons. The van der Waals surface area contributed by atoms with Crippen LogP contribution in [-0.2, 0) is 0 Å². The number of carbonyl (C=O) groups is 1. The molecule has 1 heterocycles. The minimum Gasteiger partial charge on any atom is -0.351 e. The second-order valence-corrected chi connectivity index (χ2v) is 3.85. The number of amides is 1. The monoisotopic (exact) mass is 251 g/mol. The van der Waals surface area contributed by atoms with Crippen molar-refractivity contribution < 1.29 is 4.79 Å². The van der Waals surface area contributed by atoms with Crippen molar-refractivity contribution in [3.63, 3.8) is 0 Å². The number of nitrogens with zero attached hydrogens (tertiary/aromatic N) is 2. The van der Waals surface area contributed by atoms with Crippen LogP contribution in [0.2, 0.25) is 0 Å². The highest BCUT2D eigenvalue weighted by Gasteiger charge is 2.10. The van der Waals surface area contributed by atoms with Crippen molar-refractivity contribution in [1.82, 2.24) is 15.2 Å². The van der Waals surface area contributed by atoms with Crippen LogP contribution in [-0.4, -0.2) is 42.0 Å². The predicted octanol–water partition coefficient (Wildman–Crippen LogP) is 0.439. The molecule has 18 heavy (non-hydrogen) atoms. The van der Waals surface area contributed by atoms with E-state index in [1.807, 2.05) is 0 Å². The van der Waals surface area contributed by atoms with Gasteiger partial charge < -0.3 is 15.6 Å². The minimum atomic E-state index is -0.164. The summed E-state index contributed by atoms with van der Waals surface area (Å²) < 4.78 is 0. The Morgan fingerprint density at radius 3 is 2.78 bits per heavy atom. The average molecular weight is 251 g/mol. The topological polar surface area (TPSA) is 83.3 Å². The lowest BCUT2D eigenvalue weighted by atomic mass is 10.2. The van der Waals surface area contributed by atoms with Gasteiger partial charge in [0.2, 0.25) is 0 Å². The molecule has 0 unspecified atom stereocenters. The van der Waals surface area contributed by atoms with E-state index < -0.39 is 0 Å². The molecule has 1 rings (SSSR count). The molecule has 0 atom stereocenters. The maximum atomic E-state index is 11.9. The van der Waals surface area contributed by atoms with Gasteiger partial charge in [-0.1, -0.05) is 13.8 Å². The molecule has 0 aromatic carbocycles. The predicted molar refractivity (Wildman–Crippen MR) is 72.2 cm³/mol. The third kappa shape index (κ3) is 3.97. The highest BCUT2D eigenvalue weighted by atomic mass is 16.1. The Morgan fingerprint density at radius 2 is 2.17 bits per heavy atom. The molecule has 0 saturated heterocycles. The Bertz CT molecular complexity index is 378. The van der Waals surface area contributed by atoms with E-state index >= 15 is 0 Å². The zero-order chi connectivity index (χ0) is 13.4. The van der Waals surface area contributed by atoms with Crippen molar-refractivity contribution in [2.24, 2.45) is 5.84 Å². The third-order valence-electron chi connectivity index (χ3n) is 2.83. The van der Waals surface area contributed by atoms with Gasteiger partial charge in [-0.05, 0) is 19.2 Å². The van der Waals surface area contributed by atoms with E-state index in [4.69, 9.17) is 5.84 Å². The first-order valence-corrected chi connectivity index (χ1v) is 6.14. The number of aromatic nitrogens is 1. The highest BCUT2D eigenvalue weighted by molar-refractivity contribution is 5.99. The van der Waals surface area contributed by atoms with E-state index in [2.05, 4.69) is 34.5 Å². The first kappa shape index (κ1) is 14.4. The summed E-state index contributed by atoms with van der Waals surface area (Å²) >= 11 is 0. The molecule has 0 aliphatic heterocycles. The van der Waals surface area contributed by atoms with Crippen LogP contribution in [0.3, 0.4) is 0 Å². The number of nitrogen functional groups attached to an aromatic ring is 1. The molecule has 0 aliphatic rings. The Kier molecular flexibility index (Phi) is 6.10. The minimum absolute atomic E-state index is 0.164. The van der Waals surface area contributed by atoms with Gasteiger partial charge in [-0.25, -0.2) is 0 Å². The van der Waals surface area contributed by atoms with Gasteiger partial charge in [0.05, 0.1) is 11.3 Å². The standard InChI is InChI=1S/C12H21N5O/c1-3-17(4-2)8-7-15-12(18)10-9-14-6-5-11(10)16-13/h5-6,9H,3-4,7-8,13H2,1-2H3,(H,14,16)(H,15,18). The van der Waals surface area contributed by atoms with E-state index in [1.54, 1.807) is 12.3 Å². The molecule has 0 bridgehead atoms. The van der Waals surface area contributed by atoms with Crippen molar-refractivity contribution in [2.45, 2.75) is 13.8 Å². The molecule has 1 aromatic heterocycles. The van der Waals surface area contributed by atoms with Gasteiger partial charge in [0, 0.05) is 25.5 Å². The number of hydrogen-bond donors (Lipinski definition) is 3. The molecule has 0 saturated carbocycles. The molecular formula is C12H21N5O. The van der Waals surface area contributed by atoms with Crippen LogP contribution in [0.4, 0.5) is 5.69 Å². The molecule has 1 aromatic rings. The Labute approximate surface area is 108 Å². The van der Waals surface area contributed by atoms with Gasteiger partial charge in [0.1, 0.15) is 0 Å². The van der Waals surface area contributed by atoms with Gasteiger partial charge in [0.25, 0.3) is 5.91 Å². The lowest BCUT2D eigenvalue weighted by molar-refractivity contribution is 0.0949. The number of likely N-dealkylation sites (N-methyl/N-ethyl adjacent to an activating group) is 1. The van der Waals surface area contributed by atoms with Crippen LogP contribution in [0.25, 0.3) is 0 Å². The fraction of sp³-hybridized carbons (Fsp3) is 0.500. The maximum Gasteiger partial charge on any atom is 0.255 e. The van der Waals surface area contributed by atoms with Gasteiger partial charge in [-0.15, -0.1) is 0 Å². The third-order valence-corrected chi connectivity index (χ3v) is 2.83. The van der Waals surface area contributed by atoms with Crippen molar-refractivity contribution in [2.75, 3.05) is 31.6 Å². The van der Waals surface area contributed by atoms with E-state index in [9.17, 15) is 4.79 Å². The van der Waals surface area contributed by atoms with Crippen LogP contribution < -0.4 is 16.6 Å². The molecule has 0 aliphatic carbocycles. The van der Waals surface area contributed by atoms with Crippen molar-refractivity contribution in [3.05, 3.63) is 24.0 Å². The highest BCUT2D eigenvalue weighted by Crippen LogP contribution is 2.11. The zero-order valence-corrected chi connectivity index (χ0v) is 10.9. The molecule has 1 amide bonds. The fourth-order valence-corrected chi connectivity index (χ4v) is 1.66. The summed E-state index contributed by atoms with van der Waals surface area (Å²) in [6.07, 6.45) is 3.09. The quantitative estimate of drug-likeness (QED) is 0.484. The summed E-state index contributed by atoms with van der Waals surface area (Å²) in [6, 6.07) is 1.67. The Morgan fingerprint density at radius 1 is 1.44 bits per heavy atom. The SMILES string of the molecule is CCN(CC)CCNC(=O)c1cnccc1NN. The molecule has 6 nitrogen and oxygen atoms in total. The van der Waals surface area contributed by atoms with Gasteiger partial charge in [-0.2, -0.15) is 0 Å². The lowest BCUT2D eigenvalue weighted by Gasteiger charge is -2.18. The Hall–Kier alpha value is -1.66. The second-order valence-electron chi connectivity index (χ2n) is 3.85. The summed E-state index contributed by atoms with van der Waals surface area (Å²) in [4.78, 5) is 18.1. The first-order chi connectivity index (χ1) is 8.72. The lowest BCUT2D eigenvalue weighted by Crippen LogP contribution is -2.35. The van der Waals surface area contributed by atoms with E-state index in [0.29, 0.717) is 17.8 Å². The number of hydrazine groups is 1. The van der Waals surface area contributed by atoms with E-state index in [1.165, 1.54) is 6.20 Å². The van der Waals surface area contributed by atoms with E-state index in [-0.39, 0.29) is 5.91 Å². The number of rotatable bonds is 7. The number of nitrogens with two attached hydrogens (primary N) is 1. The summed E-state index contributed by atoms with van der Waals surface area (Å²) in [6.45, 7) is 7.61. The number of nitrogens with one attached hydrogen (secondary N) is 2. The number of anilines is 1. The van der Waals surface area contributed by atoms with Crippen LogP contribution in [0.1, 0.15) is 24.2 Å². The fourth-order valence-electron chi connectivity index (χ4n) is 1.66. The normalized spacial score (nSPS) is 10.4. The van der Waals surface area contributed by atoms with Crippen LogP contribution in [0, 0.1) is 0 Å². The summed E-state index contributed by atoms with van der Waals surface area (Å²) in [5, 5.41) is 2.86. The Balaban J connectivity index is 2.50. The van der Waals surface area contributed by atoms with Crippen molar-refractivity contribution in [3.8, 4) is 0 Å². The zero-order valence-electron chi connectivity index (χ0n) is 10.9. The molecule has 0 spiro atoms. The van der Waals surface area contributed by atoms with Crippen LogP contribution in [0.5, 0.6) is 0 Å². The van der Waals surface area contributed by atoms with E-state index in [0.717, 1.165) is 19.6 Å². The van der Waals surface area contributed by atoms with Gasteiger partial charge >= 0.3 is 0 Å². The van der Waals surface area contributed by atoms with Crippen LogP contribution in [0.15, 0.2) is 18.5 Å². The van der Waals surface area contributed by atoms with Gasteiger partial charge in [-0.3, -0.25) is 15.6 Å². The number of hydrogen-bond acceptors (Lipinski definition) is 5. The number of pyridine rings is 1. The van der Waals surface area contributed by atoms with Crippen molar-refractivity contribution in [1.29, 1.82) is 0 Å². The smallest absolute Gasteiger partial charge is 0.255 e. The molecule has 0 fully saturated rings. The molecular weight excluding hydrogens is 230 g/mol. The summed E-state index contributed by atoms with van der Waals surface area (Å²) in [7, 11) is 0. The van der Waals surface area contributed by atoms with Crippen molar-refractivity contribution >= 4 is 11.6 Å². The second kappa shape index (κ2) is 7.62. The van der Waals surface area contributed by atoms with Gasteiger partial charge in [0.15, 0.2) is 0 Å². The molecule has 4 N–H and O–H groups in total. The largest absolute Gasteiger partial charge is 0.351 e. The molecule has 0 radical (unpaired) electrons. The maximum absolute atomic E-state index is 11.9. The summed E-state index contributed by atoms with van der Waals surface area (Å²) in [5.41, 5.74) is 3.52. The molecule has 6 heteroatoms. The summed E-state index contributed by atoms with van der Waals surface area (Å²) in [5.74, 6) is 5.18. The van der Waals surface area contributed by atoms with Crippen LogP contribution >= 0.6 is 0 Å². The first-order valence-electron chi connectivity index (χ1n) is 6.14.